The third-order valence-corrected chi connectivity index (χ3v) is 2.54. The summed E-state index contributed by atoms with van der Waals surface area (Å²) < 4.78 is 5.28. The summed E-state index contributed by atoms with van der Waals surface area (Å²) in [5.74, 6) is 6.45. The van der Waals surface area contributed by atoms with Crippen molar-refractivity contribution >= 4 is 0 Å². The van der Waals surface area contributed by atoms with Crippen LogP contribution >= 0.6 is 0 Å². The lowest BCUT2D eigenvalue weighted by molar-refractivity contribution is 0.511. The molecule has 0 aliphatic heterocycles. The van der Waals surface area contributed by atoms with Crippen LogP contribution in [-0.2, 0) is 6.42 Å². The zero-order valence-corrected chi connectivity index (χ0v) is 9.18. The molecule has 84 valence electrons. The Hall–Kier alpha value is -1.65. The molecule has 2 aromatic rings. The highest BCUT2D eigenvalue weighted by Crippen LogP contribution is 2.19. The molecular weight excluding hydrogens is 202 g/mol. The van der Waals surface area contributed by atoms with Crippen LogP contribution in [0.3, 0.4) is 0 Å². The van der Waals surface area contributed by atoms with E-state index in [9.17, 15) is 0 Å². The summed E-state index contributed by atoms with van der Waals surface area (Å²) >= 11 is 0. The number of furan rings is 1. The molecule has 0 bridgehead atoms. The van der Waals surface area contributed by atoms with E-state index in [1.807, 2.05) is 25.1 Å². The maximum Gasteiger partial charge on any atom is 0.101 e. The number of aromatic nitrogens is 1. The van der Waals surface area contributed by atoms with Crippen LogP contribution in [-0.4, -0.2) is 4.98 Å². The third-order valence-electron chi connectivity index (χ3n) is 2.54. The van der Waals surface area contributed by atoms with Crippen molar-refractivity contribution in [2.45, 2.75) is 19.4 Å². The summed E-state index contributed by atoms with van der Waals surface area (Å²) in [4.78, 5) is 3.99. The number of rotatable bonds is 4. The topological polar surface area (TPSA) is 64.1 Å². The number of aryl methyl sites for hydroxylation is 1. The highest BCUT2D eigenvalue weighted by Gasteiger charge is 2.12. The molecule has 2 rings (SSSR count). The van der Waals surface area contributed by atoms with Gasteiger partial charge in [-0.2, -0.15) is 0 Å². The highest BCUT2D eigenvalue weighted by atomic mass is 16.3. The molecule has 0 amide bonds. The van der Waals surface area contributed by atoms with Crippen molar-refractivity contribution in [1.29, 1.82) is 0 Å². The van der Waals surface area contributed by atoms with Crippen molar-refractivity contribution < 1.29 is 4.42 Å². The zero-order valence-electron chi connectivity index (χ0n) is 9.18. The number of hydrogen-bond donors (Lipinski definition) is 2. The van der Waals surface area contributed by atoms with E-state index in [2.05, 4.69) is 10.4 Å². The van der Waals surface area contributed by atoms with Gasteiger partial charge in [-0.25, -0.2) is 0 Å². The smallest absolute Gasteiger partial charge is 0.101 e. The number of nitrogens with one attached hydrogen (secondary N) is 1. The Morgan fingerprint density at radius 2 is 2.19 bits per heavy atom. The fraction of sp³-hybridized carbons (Fsp3) is 0.250. The first-order chi connectivity index (χ1) is 7.79. The lowest BCUT2D eigenvalue weighted by Crippen LogP contribution is -2.29. The van der Waals surface area contributed by atoms with Gasteiger partial charge in [-0.1, -0.05) is 0 Å². The van der Waals surface area contributed by atoms with Crippen LogP contribution in [0, 0.1) is 6.92 Å². The molecule has 4 nitrogen and oxygen atoms in total. The summed E-state index contributed by atoms with van der Waals surface area (Å²) in [6.45, 7) is 1.92. The molecule has 0 saturated heterocycles. The van der Waals surface area contributed by atoms with Gasteiger partial charge in [0.15, 0.2) is 0 Å². The first-order valence-electron chi connectivity index (χ1n) is 5.19. The van der Waals surface area contributed by atoms with Gasteiger partial charge in [0.25, 0.3) is 0 Å². The molecular formula is C12H15N3O. The Labute approximate surface area is 94.5 Å². The maximum atomic E-state index is 5.55. The molecule has 0 spiro atoms. The van der Waals surface area contributed by atoms with Crippen LogP contribution in [0.2, 0.25) is 0 Å². The van der Waals surface area contributed by atoms with Gasteiger partial charge in [0, 0.05) is 18.0 Å². The molecule has 0 aliphatic rings. The largest absolute Gasteiger partial charge is 0.469 e. The zero-order chi connectivity index (χ0) is 11.4. The van der Waals surface area contributed by atoms with E-state index < -0.39 is 0 Å². The summed E-state index contributed by atoms with van der Waals surface area (Å²) in [7, 11) is 0. The molecule has 0 aromatic carbocycles. The van der Waals surface area contributed by atoms with E-state index in [0.717, 1.165) is 17.7 Å². The summed E-state index contributed by atoms with van der Waals surface area (Å²) in [6, 6.07) is 6.03. The predicted octanol–water partition coefficient (Wildman–Crippen LogP) is 1.73. The molecule has 0 fully saturated rings. The molecule has 1 atom stereocenters. The van der Waals surface area contributed by atoms with Crippen LogP contribution in [0.5, 0.6) is 0 Å². The molecule has 1 unspecified atom stereocenters. The van der Waals surface area contributed by atoms with Crippen LogP contribution in [0.4, 0.5) is 0 Å². The van der Waals surface area contributed by atoms with E-state index >= 15 is 0 Å². The van der Waals surface area contributed by atoms with Gasteiger partial charge in [0.1, 0.15) is 5.76 Å². The number of hydrogen-bond acceptors (Lipinski definition) is 4. The van der Waals surface area contributed by atoms with E-state index in [-0.39, 0.29) is 6.04 Å². The second-order valence-electron chi connectivity index (χ2n) is 3.77. The Bertz CT molecular complexity index is 439. The van der Waals surface area contributed by atoms with Gasteiger partial charge in [0.2, 0.25) is 0 Å². The lowest BCUT2D eigenvalue weighted by atomic mass is 10.0. The monoisotopic (exact) mass is 217 g/mol. The van der Waals surface area contributed by atoms with Crippen molar-refractivity contribution in [2.24, 2.45) is 5.84 Å². The molecule has 4 heteroatoms. The molecule has 3 N–H and O–H groups in total. The van der Waals surface area contributed by atoms with Crippen molar-refractivity contribution in [2.75, 3.05) is 0 Å². The van der Waals surface area contributed by atoms with Gasteiger partial charge in [-0.15, -0.1) is 0 Å². The minimum atomic E-state index is 0.0693. The molecule has 2 aromatic heterocycles. The van der Waals surface area contributed by atoms with E-state index in [0.29, 0.717) is 0 Å². The van der Waals surface area contributed by atoms with Crippen LogP contribution in [0.25, 0.3) is 0 Å². The highest BCUT2D eigenvalue weighted by molar-refractivity contribution is 5.20. The van der Waals surface area contributed by atoms with Gasteiger partial charge >= 0.3 is 0 Å². The number of nitrogens with two attached hydrogens (primary N) is 1. The standard InChI is InChI=1S/C12H15N3O/c1-9-6-11(8-16-9)12(15-13)7-10-2-4-14-5-3-10/h2-6,8,12,15H,7,13H2,1H3. The van der Waals surface area contributed by atoms with Gasteiger partial charge in [-0.05, 0) is 37.1 Å². The maximum absolute atomic E-state index is 5.55. The minimum absolute atomic E-state index is 0.0693. The molecule has 0 radical (unpaired) electrons. The SMILES string of the molecule is Cc1cc(C(Cc2ccncc2)NN)co1. The fourth-order valence-corrected chi connectivity index (χ4v) is 1.67. The third kappa shape index (κ3) is 2.48. The van der Waals surface area contributed by atoms with Crippen molar-refractivity contribution in [3.63, 3.8) is 0 Å². The predicted molar refractivity (Wildman–Crippen MR) is 61.5 cm³/mol. The Kier molecular flexibility index (Phi) is 3.34. The fourth-order valence-electron chi connectivity index (χ4n) is 1.67. The number of pyridine rings is 1. The number of nitrogens with zero attached hydrogens (tertiary/aromatic N) is 1. The Balaban J connectivity index is 2.12. The average molecular weight is 217 g/mol. The van der Waals surface area contributed by atoms with Crippen LogP contribution in [0.15, 0.2) is 41.3 Å². The quantitative estimate of drug-likeness (QED) is 0.604. The Morgan fingerprint density at radius 1 is 1.44 bits per heavy atom. The molecule has 0 aliphatic carbocycles. The van der Waals surface area contributed by atoms with E-state index in [1.54, 1.807) is 18.7 Å². The normalized spacial score (nSPS) is 12.6. The van der Waals surface area contributed by atoms with Crippen LogP contribution in [0.1, 0.15) is 22.9 Å². The summed E-state index contributed by atoms with van der Waals surface area (Å²) in [5.41, 5.74) is 5.06. The van der Waals surface area contributed by atoms with E-state index in [1.165, 1.54) is 5.56 Å². The molecule has 2 heterocycles. The van der Waals surface area contributed by atoms with Crippen LogP contribution < -0.4 is 11.3 Å². The van der Waals surface area contributed by atoms with Crippen molar-refractivity contribution in [3.05, 3.63) is 53.7 Å². The van der Waals surface area contributed by atoms with Gasteiger partial charge < -0.3 is 4.42 Å². The first-order valence-corrected chi connectivity index (χ1v) is 5.19. The van der Waals surface area contributed by atoms with E-state index in [4.69, 9.17) is 10.3 Å². The molecule has 16 heavy (non-hydrogen) atoms. The van der Waals surface area contributed by atoms with Crippen molar-refractivity contribution in [1.82, 2.24) is 10.4 Å². The second kappa shape index (κ2) is 4.92. The first kappa shape index (κ1) is 10.9. The van der Waals surface area contributed by atoms with Crippen molar-refractivity contribution in [3.8, 4) is 0 Å². The van der Waals surface area contributed by atoms with Gasteiger partial charge in [0.05, 0.1) is 12.3 Å². The lowest BCUT2D eigenvalue weighted by Gasteiger charge is -2.13. The number of hydrazine groups is 1. The summed E-state index contributed by atoms with van der Waals surface area (Å²) in [6.07, 6.45) is 6.12. The summed E-state index contributed by atoms with van der Waals surface area (Å²) in [5, 5.41) is 0. The average Bonchev–Trinajstić information content (AvgIpc) is 2.74. The second-order valence-corrected chi connectivity index (χ2v) is 3.77. The minimum Gasteiger partial charge on any atom is -0.469 e. The molecule has 0 saturated carbocycles. The van der Waals surface area contributed by atoms with Gasteiger partial charge in [-0.3, -0.25) is 16.3 Å². The Morgan fingerprint density at radius 3 is 2.75 bits per heavy atom.